The average Bonchev–Trinajstić information content (AvgIpc) is 2.30. The van der Waals surface area contributed by atoms with Crippen molar-refractivity contribution >= 4 is 17.6 Å². The van der Waals surface area contributed by atoms with Crippen LogP contribution in [0.3, 0.4) is 0 Å². The smallest absolute Gasteiger partial charge is 0.0701 e. The van der Waals surface area contributed by atoms with Crippen LogP contribution in [-0.4, -0.2) is 10.4 Å². The molecule has 2 heteroatoms. The summed E-state index contributed by atoms with van der Waals surface area (Å²) in [4.78, 5) is 4.27. The molecular weight excluding hydrogens is 190 g/mol. The van der Waals surface area contributed by atoms with E-state index < -0.39 is 0 Å². The molecule has 0 bridgehead atoms. The predicted octanol–water partition coefficient (Wildman–Crippen LogP) is 3.10. The summed E-state index contributed by atoms with van der Waals surface area (Å²) in [7, 11) is 0. The first-order valence-corrected chi connectivity index (χ1v) is 4.84. The average molecular weight is 199 g/mol. The Kier molecular flexibility index (Phi) is 2.65. The molecule has 0 saturated carbocycles. The standard InChI is InChI=1S/C12H9NS/c14-9-10-4-6-11(7-5-10)12-3-1-2-8-13-12/h1-9H. The van der Waals surface area contributed by atoms with Crippen molar-refractivity contribution < 1.29 is 0 Å². The first kappa shape index (κ1) is 9.03. The lowest BCUT2D eigenvalue weighted by Gasteiger charge is -1.99. The monoisotopic (exact) mass is 199 g/mol. The first-order chi connectivity index (χ1) is 6.90. The fourth-order valence-electron chi connectivity index (χ4n) is 1.27. The van der Waals surface area contributed by atoms with Crippen molar-refractivity contribution in [2.75, 3.05) is 0 Å². The molecule has 1 nitrogen and oxygen atoms in total. The van der Waals surface area contributed by atoms with Gasteiger partial charge in [-0.25, -0.2) is 0 Å². The molecule has 1 aromatic carbocycles. The Morgan fingerprint density at radius 2 is 1.79 bits per heavy atom. The highest BCUT2D eigenvalue weighted by Crippen LogP contribution is 2.15. The Balaban J connectivity index is 2.39. The van der Waals surface area contributed by atoms with Gasteiger partial charge >= 0.3 is 0 Å². The van der Waals surface area contributed by atoms with Crippen molar-refractivity contribution in [3.05, 3.63) is 54.2 Å². The molecule has 0 aliphatic carbocycles. The molecule has 1 aromatic heterocycles. The van der Waals surface area contributed by atoms with Gasteiger partial charge in [0, 0.05) is 17.1 Å². The van der Waals surface area contributed by atoms with Gasteiger partial charge in [0.15, 0.2) is 0 Å². The molecule has 0 aliphatic rings. The molecule has 0 aliphatic heterocycles. The molecule has 0 radical (unpaired) electrons. The fourth-order valence-corrected chi connectivity index (χ4v) is 1.42. The minimum atomic E-state index is 0.989. The molecule has 2 rings (SSSR count). The molecule has 14 heavy (non-hydrogen) atoms. The van der Waals surface area contributed by atoms with E-state index in [1.165, 1.54) is 0 Å². The molecule has 0 saturated heterocycles. The number of benzene rings is 1. The van der Waals surface area contributed by atoms with Crippen LogP contribution in [0.15, 0.2) is 48.7 Å². The zero-order valence-corrected chi connectivity index (χ0v) is 8.37. The zero-order chi connectivity index (χ0) is 9.80. The van der Waals surface area contributed by atoms with E-state index in [1.807, 2.05) is 42.5 Å². The third kappa shape index (κ3) is 1.86. The van der Waals surface area contributed by atoms with Crippen LogP contribution in [0, 0.1) is 0 Å². The highest BCUT2D eigenvalue weighted by Gasteiger charge is 1.96. The minimum absolute atomic E-state index is 0.989. The Hall–Kier alpha value is -1.54. The predicted molar refractivity (Wildman–Crippen MR) is 62.4 cm³/mol. The Morgan fingerprint density at radius 3 is 2.36 bits per heavy atom. The molecule has 68 valence electrons. The molecule has 0 spiro atoms. The summed E-state index contributed by atoms with van der Waals surface area (Å²) in [6.07, 6.45) is 1.79. The van der Waals surface area contributed by atoms with E-state index in [4.69, 9.17) is 12.2 Å². The molecule has 0 N–H and O–H groups in total. The number of hydrogen-bond acceptors (Lipinski definition) is 2. The van der Waals surface area contributed by atoms with Gasteiger partial charge in [0.2, 0.25) is 0 Å². The van der Waals surface area contributed by atoms with Crippen LogP contribution in [-0.2, 0) is 0 Å². The lowest BCUT2D eigenvalue weighted by Crippen LogP contribution is -1.83. The van der Waals surface area contributed by atoms with E-state index in [2.05, 4.69) is 4.98 Å². The van der Waals surface area contributed by atoms with Crippen LogP contribution in [0.5, 0.6) is 0 Å². The topological polar surface area (TPSA) is 12.9 Å². The van der Waals surface area contributed by atoms with Crippen LogP contribution < -0.4 is 0 Å². The summed E-state index contributed by atoms with van der Waals surface area (Å²) < 4.78 is 0. The number of pyridine rings is 1. The van der Waals surface area contributed by atoms with Gasteiger partial charge in [-0.15, -0.1) is 0 Å². The Bertz CT molecular complexity index is 420. The Morgan fingerprint density at radius 1 is 1.00 bits per heavy atom. The maximum atomic E-state index is 4.84. The second-order valence-electron chi connectivity index (χ2n) is 2.95. The lowest BCUT2D eigenvalue weighted by atomic mass is 10.1. The first-order valence-electron chi connectivity index (χ1n) is 4.37. The molecule has 0 unspecified atom stereocenters. The van der Waals surface area contributed by atoms with Crippen LogP contribution >= 0.6 is 12.2 Å². The van der Waals surface area contributed by atoms with Gasteiger partial charge in [-0.2, -0.15) is 0 Å². The largest absolute Gasteiger partial charge is 0.256 e. The van der Waals surface area contributed by atoms with Gasteiger partial charge in [-0.05, 0) is 17.7 Å². The molecular formula is C12H9NS. The highest BCUT2D eigenvalue weighted by atomic mass is 32.1. The van der Waals surface area contributed by atoms with Crippen molar-refractivity contribution in [1.82, 2.24) is 4.98 Å². The van der Waals surface area contributed by atoms with Gasteiger partial charge in [-0.3, -0.25) is 4.98 Å². The lowest BCUT2D eigenvalue weighted by molar-refractivity contribution is 1.33. The van der Waals surface area contributed by atoms with Crippen molar-refractivity contribution in [2.45, 2.75) is 0 Å². The minimum Gasteiger partial charge on any atom is -0.256 e. The van der Waals surface area contributed by atoms with Crippen LogP contribution in [0.25, 0.3) is 11.3 Å². The number of rotatable bonds is 2. The van der Waals surface area contributed by atoms with E-state index in [0.717, 1.165) is 16.8 Å². The molecule has 1 heterocycles. The van der Waals surface area contributed by atoms with Crippen molar-refractivity contribution in [1.29, 1.82) is 0 Å². The quantitative estimate of drug-likeness (QED) is 0.689. The van der Waals surface area contributed by atoms with E-state index in [1.54, 1.807) is 11.6 Å². The van der Waals surface area contributed by atoms with Crippen LogP contribution in [0.2, 0.25) is 0 Å². The number of aromatic nitrogens is 1. The zero-order valence-electron chi connectivity index (χ0n) is 7.55. The highest BCUT2D eigenvalue weighted by molar-refractivity contribution is 7.79. The van der Waals surface area contributed by atoms with Gasteiger partial charge in [0.25, 0.3) is 0 Å². The van der Waals surface area contributed by atoms with Crippen LogP contribution in [0.1, 0.15) is 5.56 Å². The summed E-state index contributed by atoms with van der Waals surface area (Å²) in [6, 6.07) is 13.9. The maximum absolute atomic E-state index is 4.84. The summed E-state index contributed by atoms with van der Waals surface area (Å²) in [6.45, 7) is 0. The number of hydrogen-bond donors (Lipinski definition) is 0. The Labute approximate surface area is 88.4 Å². The van der Waals surface area contributed by atoms with Crippen molar-refractivity contribution in [3.8, 4) is 11.3 Å². The van der Waals surface area contributed by atoms with Crippen molar-refractivity contribution in [3.63, 3.8) is 0 Å². The maximum Gasteiger partial charge on any atom is 0.0701 e. The molecule has 0 amide bonds. The van der Waals surface area contributed by atoms with Crippen molar-refractivity contribution in [2.24, 2.45) is 0 Å². The van der Waals surface area contributed by atoms with E-state index in [0.29, 0.717) is 0 Å². The number of thiocarbonyl (C=S) groups is 1. The van der Waals surface area contributed by atoms with E-state index in [9.17, 15) is 0 Å². The second-order valence-corrected chi connectivity index (χ2v) is 3.19. The summed E-state index contributed by atoms with van der Waals surface area (Å²) >= 11 is 4.84. The third-order valence-electron chi connectivity index (χ3n) is 2.01. The third-order valence-corrected chi connectivity index (χ3v) is 2.28. The second kappa shape index (κ2) is 4.11. The van der Waals surface area contributed by atoms with Gasteiger partial charge in [0.1, 0.15) is 0 Å². The van der Waals surface area contributed by atoms with Gasteiger partial charge < -0.3 is 0 Å². The summed E-state index contributed by atoms with van der Waals surface area (Å²) in [5.41, 5.74) is 3.16. The molecule has 0 fully saturated rings. The van der Waals surface area contributed by atoms with Gasteiger partial charge in [-0.1, -0.05) is 42.5 Å². The normalized spacial score (nSPS) is 9.71. The van der Waals surface area contributed by atoms with Crippen LogP contribution in [0.4, 0.5) is 0 Å². The summed E-state index contributed by atoms with van der Waals surface area (Å²) in [5.74, 6) is 0. The summed E-state index contributed by atoms with van der Waals surface area (Å²) in [5, 5.41) is 1.67. The van der Waals surface area contributed by atoms with E-state index >= 15 is 0 Å². The van der Waals surface area contributed by atoms with E-state index in [-0.39, 0.29) is 0 Å². The van der Waals surface area contributed by atoms with Gasteiger partial charge in [0.05, 0.1) is 5.69 Å². The fraction of sp³-hybridized carbons (Fsp3) is 0. The molecule has 2 aromatic rings. The SMILES string of the molecule is S=Cc1ccc(-c2ccccn2)cc1. The number of nitrogens with zero attached hydrogens (tertiary/aromatic N) is 1. The molecule has 0 atom stereocenters.